The van der Waals surface area contributed by atoms with Gasteiger partial charge in [-0.25, -0.2) is 4.79 Å². The number of amides is 4. The Morgan fingerprint density at radius 2 is 1.75 bits per heavy atom. The van der Waals surface area contributed by atoms with E-state index in [4.69, 9.17) is 0 Å². The molecule has 0 aromatic heterocycles. The molecule has 4 amide bonds. The quantitative estimate of drug-likeness (QED) is 0.647. The Morgan fingerprint density at radius 3 is 2.19 bits per heavy atom. The molecule has 0 bridgehead atoms. The van der Waals surface area contributed by atoms with Crippen LogP contribution < -0.4 is 10.6 Å². The van der Waals surface area contributed by atoms with E-state index in [-0.39, 0.29) is 5.41 Å². The van der Waals surface area contributed by atoms with Gasteiger partial charge in [0.05, 0.1) is 0 Å². The Hall–Kier alpha value is -1.39. The van der Waals surface area contributed by atoms with E-state index in [0.717, 1.165) is 19.3 Å². The molecule has 2 N–H and O–H groups in total. The summed E-state index contributed by atoms with van der Waals surface area (Å²) in [4.78, 5) is 34.4. The number of rotatable bonds is 1. The van der Waals surface area contributed by atoms with Crippen molar-refractivity contribution in [3.05, 3.63) is 0 Å². The van der Waals surface area contributed by atoms with Crippen molar-refractivity contribution in [1.82, 2.24) is 10.6 Å². The molecule has 1 heterocycles. The van der Waals surface area contributed by atoms with Crippen molar-refractivity contribution < 1.29 is 14.4 Å². The average molecular weight is 224 g/mol. The van der Waals surface area contributed by atoms with Gasteiger partial charge in [0.2, 0.25) is 11.8 Å². The van der Waals surface area contributed by atoms with E-state index in [1.165, 1.54) is 0 Å². The molecule has 16 heavy (non-hydrogen) atoms. The van der Waals surface area contributed by atoms with Crippen LogP contribution in [-0.2, 0) is 9.59 Å². The predicted molar refractivity (Wildman–Crippen MR) is 56.3 cm³/mol. The number of carbonyl (C=O) groups excluding carboxylic acids is 3. The van der Waals surface area contributed by atoms with Crippen molar-refractivity contribution in [2.75, 3.05) is 0 Å². The maximum absolute atomic E-state index is 11.7. The molecule has 2 aliphatic rings. The van der Waals surface area contributed by atoms with E-state index < -0.39 is 23.8 Å². The second-order valence-corrected chi connectivity index (χ2v) is 5.24. The summed E-state index contributed by atoms with van der Waals surface area (Å²) < 4.78 is 0. The molecule has 2 rings (SSSR count). The maximum Gasteiger partial charge on any atom is 0.328 e. The number of carbonyl (C=O) groups is 3. The van der Waals surface area contributed by atoms with Crippen LogP contribution >= 0.6 is 0 Å². The van der Waals surface area contributed by atoms with Gasteiger partial charge in [0.1, 0.15) is 5.92 Å². The fourth-order valence-corrected chi connectivity index (χ4v) is 2.99. The van der Waals surface area contributed by atoms with Gasteiger partial charge in [-0.3, -0.25) is 20.2 Å². The zero-order chi connectivity index (χ0) is 11.9. The normalized spacial score (nSPS) is 36.1. The van der Waals surface area contributed by atoms with E-state index in [1.807, 2.05) is 6.92 Å². The molecule has 0 aromatic carbocycles. The SMILES string of the molecule is CC1CCC(C)(C2C(=O)NC(=O)NC2=O)C1. The number of hydrogen-bond donors (Lipinski definition) is 2. The molecule has 1 saturated carbocycles. The van der Waals surface area contributed by atoms with Gasteiger partial charge in [0, 0.05) is 0 Å². The first kappa shape index (κ1) is 11.1. The highest BCUT2D eigenvalue weighted by molar-refractivity contribution is 6.16. The van der Waals surface area contributed by atoms with Crippen LogP contribution in [0.5, 0.6) is 0 Å². The Kier molecular flexibility index (Phi) is 2.48. The molecule has 0 spiro atoms. The lowest BCUT2D eigenvalue weighted by atomic mass is 9.73. The van der Waals surface area contributed by atoms with Gasteiger partial charge in [0.15, 0.2) is 0 Å². The highest BCUT2D eigenvalue weighted by atomic mass is 16.2. The predicted octanol–water partition coefficient (Wildman–Crippen LogP) is 0.795. The first-order valence-electron chi connectivity index (χ1n) is 5.58. The Bertz CT molecular complexity index is 346. The molecule has 1 saturated heterocycles. The third-order valence-electron chi connectivity index (χ3n) is 3.72. The summed E-state index contributed by atoms with van der Waals surface area (Å²) in [5.74, 6) is -1.10. The van der Waals surface area contributed by atoms with Crippen molar-refractivity contribution in [2.45, 2.75) is 33.1 Å². The fraction of sp³-hybridized carbons (Fsp3) is 0.727. The summed E-state index contributed by atoms with van der Waals surface area (Å²) in [5, 5.41) is 4.33. The van der Waals surface area contributed by atoms with Gasteiger partial charge in [-0.15, -0.1) is 0 Å². The van der Waals surface area contributed by atoms with Crippen LogP contribution in [0.25, 0.3) is 0 Å². The third-order valence-corrected chi connectivity index (χ3v) is 3.72. The molecule has 1 aliphatic carbocycles. The first-order valence-corrected chi connectivity index (χ1v) is 5.58. The third kappa shape index (κ3) is 1.70. The van der Waals surface area contributed by atoms with E-state index in [2.05, 4.69) is 17.6 Å². The second kappa shape index (κ2) is 3.57. The lowest BCUT2D eigenvalue weighted by Crippen LogP contribution is -2.59. The van der Waals surface area contributed by atoms with E-state index >= 15 is 0 Å². The van der Waals surface area contributed by atoms with Gasteiger partial charge in [-0.05, 0) is 24.2 Å². The van der Waals surface area contributed by atoms with Crippen molar-refractivity contribution in [2.24, 2.45) is 17.3 Å². The minimum atomic E-state index is -0.727. The molecule has 0 aromatic rings. The largest absolute Gasteiger partial charge is 0.328 e. The highest BCUT2D eigenvalue weighted by Crippen LogP contribution is 2.47. The number of nitrogens with one attached hydrogen (secondary N) is 2. The van der Waals surface area contributed by atoms with Crippen LogP contribution in [0.2, 0.25) is 0 Å². The summed E-state index contributed by atoms with van der Waals surface area (Å²) in [6, 6.07) is -0.708. The summed E-state index contributed by atoms with van der Waals surface area (Å²) in [6.07, 6.45) is 2.74. The van der Waals surface area contributed by atoms with Crippen molar-refractivity contribution in [3.8, 4) is 0 Å². The van der Waals surface area contributed by atoms with Gasteiger partial charge < -0.3 is 0 Å². The lowest BCUT2D eigenvalue weighted by molar-refractivity contribution is -0.141. The minimum absolute atomic E-state index is 0.311. The molecule has 88 valence electrons. The van der Waals surface area contributed by atoms with Gasteiger partial charge in [-0.2, -0.15) is 0 Å². The topological polar surface area (TPSA) is 75.3 Å². The summed E-state index contributed by atoms with van der Waals surface area (Å²) >= 11 is 0. The van der Waals surface area contributed by atoms with Crippen LogP contribution in [0.3, 0.4) is 0 Å². The number of barbiturate groups is 1. The maximum atomic E-state index is 11.7. The molecule has 1 aliphatic heterocycles. The van der Waals surface area contributed by atoms with Crippen LogP contribution in [-0.4, -0.2) is 17.8 Å². The van der Waals surface area contributed by atoms with E-state index in [0.29, 0.717) is 5.92 Å². The number of imide groups is 2. The van der Waals surface area contributed by atoms with E-state index in [9.17, 15) is 14.4 Å². The molecular weight excluding hydrogens is 208 g/mol. The van der Waals surface area contributed by atoms with Crippen molar-refractivity contribution in [3.63, 3.8) is 0 Å². The summed E-state index contributed by atoms with van der Waals surface area (Å²) in [5.41, 5.74) is -0.311. The zero-order valence-corrected chi connectivity index (χ0v) is 9.50. The summed E-state index contributed by atoms with van der Waals surface area (Å²) in [7, 11) is 0. The van der Waals surface area contributed by atoms with Crippen LogP contribution in [0.15, 0.2) is 0 Å². The average Bonchev–Trinajstić information content (AvgIpc) is 2.44. The molecule has 5 heteroatoms. The van der Waals surface area contributed by atoms with Gasteiger partial charge in [-0.1, -0.05) is 20.3 Å². The molecule has 2 unspecified atom stereocenters. The first-order chi connectivity index (χ1) is 7.42. The van der Waals surface area contributed by atoms with Crippen molar-refractivity contribution >= 4 is 17.8 Å². The van der Waals surface area contributed by atoms with Crippen LogP contribution in [0, 0.1) is 17.3 Å². The number of urea groups is 1. The molecule has 2 atom stereocenters. The monoisotopic (exact) mass is 224 g/mol. The molecule has 2 fully saturated rings. The van der Waals surface area contributed by atoms with Crippen LogP contribution in [0.1, 0.15) is 33.1 Å². The Morgan fingerprint density at radius 1 is 1.19 bits per heavy atom. The molecule has 0 radical (unpaired) electrons. The van der Waals surface area contributed by atoms with Gasteiger partial charge >= 0.3 is 6.03 Å². The lowest BCUT2D eigenvalue weighted by Gasteiger charge is -2.34. The Balaban J connectivity index is 2.23. The zero-order valence-electron chi connectivity index (χ0n) is 9.50. The van der Waals surface area contributed by atoms with E-state index in [1.54, 1.807) is 0 Å². The summed E-state index contributed by atoms with van der Waals surface area (Å²) in [6.45, 7) is 4.07. The van der Waals surface area contributed by atoms with Crippen LogP contribution in [0.4, 0.5) is 4.79 Å². The number of hydrogen-bond acceptors (Lipinski definition) is 3. The Labute approximate surface area is 94.0 Å². The highest BCUT2D eigenvalue weighted by Gasteiger charge is 2.49. The smallest absolute Gasteiger partial charge is 0.277 e. The molecule has 5 nitrogen and oxygen atoms in total. The standard InChI is InChI=1S/C11H16N2O3/c1-6-3-4-11(2,5-6)7-8(14)12-10(16)13-9(7)15/h6-7H,3-5H2,1-2H3,(H2,12,13,14,15,16). The van der Waals surface area contributed by atoms with Gasteiger partial charge in [0.25, 0.3) is 0 Å². The minimum Gasteiger partial charge on any atom is -0.277 e. The van der Waals surface area contributed by atoms with Crippen molar-refractivity contribution in [1.29, 1.82) is 0 Å². The molecular formula is C11H16N2O3. The second-order valence-electron chi connectivity index (χ2n) is 5.24. The fourth-order valence-electron chi connectivity index (χ4n) is 2.99.